The van der Waals surface area contributed by atoms with Gasteiger partial charge in [-0.2, -0.15) is 5.26 Å². The summed E-state index contributed by atoms with van der Waals surface area (Å²) in [5.41, 5.74) is 1.05. The summed E-state index contributed by atoms with van der Waals surface area (Å²) in [7, 11) is 0. The molecule has 1 aromatic rings. The Morgan fingerprint density at radius 2 is 1.89 bits per heavy atom. The smallest absolute Gasteiger partial charge is 0.332 e. The summed E-state index contributed by atoms with van der Waals surface area (Å²) in [5.74, 6) is -1.41. The van der Waals surface area contributed by atoms with Crippen molar-refractivity contribution in [2.24, 2.45) is 0 Å². The maximum absolute atomic E-state index is 11.8. The van der Waals surface area contributed by atoms with E-state index < -0.39 is 18.2 Å². The highest BCUT2D eigenvalue weighted by atomic mass is 16.5. The zero-order valence-corrected chi connectivity index (χ0v) is 10.00. The molecular formula is C13H12N2O4. The van der Waals surface area contributed by atoms with Crippen LogP contribution in [0.4, 0.5) is 5.69 Å². The second-order valence-electron chi connectivity index (χ2n) is 4.21. The van der Waals surface area contributed by atoms with Crippen molar-refractivity contribution < 1.29 is 19.4 Å². The SMILES string of the molecule is N#Cc1ccc(NC(=O)C2CCC(C(=O)O)O2)cc1. The summed E-state index contributed by atoms with van der Waals surface area (Å²) in [6.45, 7) is 0. The molecule has 6 heteroatoms. The van der Waals surface area contributed by atoms with E-state index in [2.05, 4.69) is 5.32 Å². The van der Waals surface area contributed by atoms with Crippen LogP contribution >= 0.6 is 0 Å². The molecule has 0 spiro atoms. The Hall–Kier alpha value is -2.39. The van der Waals surface area contributed by atoms with Crippen molar-refractivity contribution in [1.29, 1.82) is 5.26 Å². The van der Waals surface area contributed by atoms with E-state index in [9.17, 15) is 9.59 Å². The van der Waals surface area contributed by atoms with Crippen LogP contribution in [0, 0.1) is 11.3 Å². The molecule has 1 aliphatic heterocycles. The van der Waals surface area contributed by atoms with Gasteiger partial charge in [-0.15, -0.1) is 0 Å². The van der Waals surface area contributed by atoms with Crippen molar-refractivity contribution >= 4 is 17.6 Å². The minimum absolute atomic E-state index is 0.334. The van der Waals surface area contributed by atoms with Gasteiger partial charge in [0.25, 0.3) is 5.91 Å². The predicted molar refractivity (Wildman–Crippen MR) is 65.3 cm³/mol. The highest BCUT2D eigenvalue weighted by Gasteiger charge is 2.34. The van der Waals surface area contributed by atoms with Gasteiger partial charge in [-0.1, -0.05) is 0 Å². The van der Waals surface area contributed by atoms with Crippen LogP contribution in [-0.2, 0) is 14.3 Å². The number of benzene rings is 1. The number of carbonyl (C=O) groups is 2. The van der Waals surface area contributed by atoms with Gasteiger partial charge in [-0.25, -0.2) is 4.79 Å². The molecule has 0 aliphatic carbocycles. The topological polar surface area (TPSA) is 99.4 Å². The molecule has 1 heterocycles. The zero-order chi connectivity index (χ0) is 13.8. The molecule has 1 fully saturated rings. The fraction of sp³-hybridized carbons (Fsp3) is 0.308. The number of carboxylic acid groups (broad SMARTS) is 1. The van der Waals surface area contributed by atoms with E-state index in [1.165, 1.54) is 0 Å². The van der Waals surface area contributed by atoms with Gasteiger partial charge in [0.2, 0.25) is 0 Å². The second-order valence-corrected chi connectivity index (χ2v) is 4.21. The van der Waals surface area contributed by atoms with Crippen molar-refractivity contribution in [2.45, 2.75) is 25.0 Å². The lowest BCUT2D eigenvalue weighted by atomic mass is 10.2. The first-order valence-electron chi connectivity index (χ1n) is 5.79. The standard InChI is InChI=1S/C13H12N2O4/c14-7-8-1-3-9(4-2-8)15-12(16)10-5-6-11(19-10)13(17)18/h1-4,10-11H,5-6H2,(H,15,16)(H,17,18). The van der Waals surface area contributed by atoms with Crippen molar-refractivity contribution in [3.8, 4) is 6.07 Å². The summed E-state index contributed by atoms with van der Waals surface area (Å²) < 4.78 is 5.14. The molecule has 1 saturated heterocycles. The van der Waals surface area contributed by atoms with E-state index in [4.69, 9.17) is 15.1 Å². The third-order valence-electron chi connectivity index (χ3n) is 2.87. The van der Waals surface area contributed by atoms with Gasteiger partial charge in [0.15, 0.2) is 6.10 Å². The van der Waals surface area contributed by atoms with Crippen LogP contribution in [0.2, 0.25) is 0 Å². The molecular weight excluding hydrogens is 248 g/mol. The number of carboxylic acids is 1. The van der Waals surface area contributed by atoms with Gasteiger partial charge >= 0.3 is 5.97 Å². The lowest BCUT2D eigenvalue weighted by Gasteiger charge is -2.11. The first kappa shape index (κ1) is 13.1. The molecule has 2 rings (SSSR count). The van der Waals surface area contributed by atoms with Crippen LogP contribution < -0.4 is 5.32 Å². The Kier molecular flexibility index (Phi) is 3.78. The maximum atomic E-state index is 11.8. The van der Waals surface area contributed by atoms with Gasteiger partial charge in [0.1, 0.15) is 6.10 Å². The average Bonchev–Trinajstić information content (AvgIpc) is 2.89. The quantitative estimate of drug-likeness (QED) is 0.848. The van der Waals surface area contributed by atoms with Gasteiger partial charge in [0, 0.05) is 5.69 Å². The van der Waals surface area contributed by atoms with Gasteiger partial charge in [-0.05, 0) is 37.1 Å². The van der Waals surface area contributed by atoms with E-state index in [1.807, 2.05) is 6.07 Å². The van der Waals surface area contributed by atoms with Crippen molar-refractivity contribution in [3.63, 3.8) is 0 Å². The average molecular weight is 260 g/mol. The molecule has 0 bridgehead atoms. The predicted octanol–water partition coefficient (Wildman–Crippen LogP) is 1.13. The minimum atomic E-state index is -1.05. The summed E-state index contributed by atoms with van der Waals surface area (Å²) in [6, 6.07) is 8.38. The number of amides is 1. The third kappa shape index (κ3) is 3.09. The van der Waals surface area contributed by atoms with Crippen LogP contribution in [0.5, 0.6) is 0 Å². The molecule has 0 aromatic heterocycles. The molecule has 1 aliphatic rings. The highest BCUT2D eigenvalue weighted by Crippen LogP contribution is 2.21. The fourth-order valence-corrected chi connectivity index (χ4v) is 1.86. The normalized spacial score (nSPS) is 21.6. The molecule has 1 aromatic carbocycles. The number of carbonyl (C=O) groups excluding carboxylic acids is 1. The number of nitrogens with zero attached hydrogens (tertiary/aromatic N) is 1. The van der Waals surface area contributed by atoms with E-state index >= 15 is 0 Å². The van der Waals surface area contributed by atoms with E-state index in [0.29, 0.717) is 24.1 Å². The van der Waals surface area contributed by atoms with Crippen molar-refractivity contribution in [3.05, 3.63) is 29.8 Å². The lowest BCUT2D eigenvalue weighted by Crippen LogP contribution is -2.29. The number of hydrogen-bond acceptors (Lipinski definition) is 4. The van der Waals surface area contributed by atoms with E-state index in [1.54, 1.807) is 24.3 Å². The second kappa shape index (κ2) is 5.50. The molecule has 19 heavy (non-hydrogen) atoms. The monoisotopic (exact) mass is 260 g/mol. The zero-order valence-electron chi connectivity index (χ0n) is 10.00. The first-order valence-corrected chi connectivity index (χ1v) is 5.79. The summed E-state index contributed by atoms with van der Waals surface area (Å²) in [5, 5.41) is 20.1. The molecule has 0 radical (unpaired) electrons. The molecule has 98 valence electrons. The van der Waals surface area contributed by atoms with Gasteiger partial charge in [0.05, 0.1) is 11.6 Å². The lowest BCUT2D eigenvalue weighted by molar-refractivity contribution is -0.150. The summed E-state index contributed by atoms with van der Waals surface area (Å²) >= 11 is 0. The number of rotatable bonds is 3. The van der Waals surface area contributed by atoms with Crippen LogP contribution in [0.1, 0.15) is 18.4 Å². The molecule has 6 nitrogen and oxygen atoms in total. The number of aliphatic carboxylic acids is 1. The van der Waals surface area contributed by atoms with Crippen LogP contribution in [0.3, 0.4) is 0 Å². The summed E-state index contributed by atoms with van der Waals surface area (Å²) in [4.78, 5) is 22.6. The number of nitrogens with one attached hydrogen (secondary N) is 1. The van der Waals surface area contributed by atoms with Crippen LogP contribution in [0.15, 0.2) is 24.3 Å². The summed E-state index contributed by atoms with van der Waals surface area (Å²) in [6.07, 6.45) is -0.923. The largest absolute Gasteiger partial charge is 0.479 e. The van der Waals surface area contributed by atoms with Crippen molar-refractivity contribution in [2.75, 3.05) is 5.32 Å². The number of anilines is 1. The van der Waals surface area contributed by atoms with Crippen LogP contribution in [-0.4, -0.2) is 29.2 Å². The van der Waals surface area contributed by atoms with E-state index in [-0.39, 0.29) is 5.91 Å². The number of ether oxygens (including phenoxy) is 1. The number of hydrogen-bond donors (Lipinski definition) is 2. The Morgan fingerprint density at radius 1 is 1.26 bits per heavy atom. The van der Waals surface area contributed by atoms with Crippen LogP contribution in [0.25, 0.3) is 0 Å². The van der Waals surface area contributed by atoms with E-state index in [0.717, 1.165) is 0 Å². The highest BCUT2D eigenvalue weighted by molar-refractivity contribution is 5.94. The number of nitriles is 1. The maximum Gasteiger partial charge on any atom is 0.332 e. The first-order chi connectivity index (χ1) is 9.10. The molecule has 2 unspecified atom stereocenters. The third-order valence-corrected chi connectivity index (χ3v) is 2.87. The molecule has 2 N–H and O–H groups in total. The van der Waals surface area contributed by atoms with Gasteiger partial charge in [-0.3, -0.25) is 4.79 Å². The molecule has 2 atom stereocenters. The van der Waals surface area contributed by atoms with Gasteiger partial charge < -0.3 is 15.2 Å². The fourth-order valence-electron chi connectivity index (χ4n) is 1.86. The Balaban J connectivity index is 1.94. The molecule has 0 saturated carbocycles. The minimum Gasteiger partial charge on any atom is -0.479 e. The Labute approximate surface area is 109 Å². The van der Waals surface area contributed by atoms with Crippen molar-refractivity contribution in [1.82, 2.24) is 0 Å². The Morgan fingerprint density at radius 3 is 2.42 bits per heavy atom. The molecule has 1 amide bonds. The Bertz CT molecular complexity index is 533.